The van der Waals surface area contributed by atoms with E-state index in [-0.39, 0.29) is 18.1 Å². The van der Waals surface area contributed by atoms with Crippen molar-refractivity contribution in [3.8, 4) is 11.8 Å². The lowest BCUT2D eigenvalue weighted by Gasteiger charge is -2.42. The third-order valence-corrected chi connectivity index (χ3v) is 3.84. The molecule has 0 bridgehead atoms. The first kappa shape index (κ1) is 14.5. The summed E-state index contributed by atoms with van der Waals surface area (Å²) in [5.74, 6) is 5.64. The third-order valence-electron chi connectivity index (χ3n) is 3.84. The number of hydrogen-bond donors (Lipinski definition) is 2. The first-order valence-corrected chi connectivity index (χ1v) is 7.06. The van der Waals surface area contributed by atoms with Crippen LogP contribution in [0.5, 0.6) is 0 Å². The van der Waals surface area contributed by atoms with Crippen molar-refractivity contribution in [3.63, 3.8) is 0 Å². The Hall–Kier alpha value is -1.86. The minimum atomic E-state index is -0.0788. The van der Waals surface area contributed by atoms with Crippen molar-refractivity contribution in [2.24, 2.45) is 0 Å². The minimum Gasteiger partial charge on any atom is -0.395 e. The minimum absolute atomic E-state index is 0.0182. The van der Waals surface area contributed by atoms with Gasteiger partial charge in [0.15, 0.2) is 0 Å². The van der Waals surface area contributed by atoms with Gasteiger partial charge in [0.05, 0.1) is 12.2 Å². The average Bonchev–Trinajstić information content (AvgIpc) is 2.43. The SMILES string of the molecule is CCC1(NC(=O)c2cncc(C#CCCO)c2)CCC1. The highest BCUT2D eigenvalue weighted by Crippen LogP contribution is 2.34. The number of rotatable bonds is 4. The zero-order valence-corrected chi connectivity index (χ0v) is 11.8. The predicted molar refractivity (Wildman–Crippen MR) is 77.2 cm³/mol. The number of nitrogens with zero attached hydrogens (tertiary/aromatic N) is 1. The maximum absolute atomic E-state index is 12.3. The van der Waals surface area contributed by atoms with Gasteiger partial charge >= 0.3 is 0 Å². The van der Waals surface area contributed by atoms with E-state index in [1.54, 1.807) is 18.5 Å². The molecule has 1 saturated carbocycles. The number of aliphatic hydroxyl groups excluding tert-OH is 1. The summed E-state index contributed by atoms with van der Waals surface area (Å²) in [7, 11) is 0. The van der Waals surface area contributed by atoms with E-state index in [4.69, 9.17) is 5.11 Å². The van der Waals surface area contributed by atoms with Crippen molar-refractivity contribution in [3.05, 3.63) is 29.6 Å². The number of nitrogens with one attached hydrogen (secondary N) is 1. The van der Waals surface area contributed by atoms with Crippen LogP contribution in [0.4, 0.5) is 0 Å². The molecule has 1 aliphatic rings. The van der Waals surface area contributed by atoms with E-state index in [0.29, 0.717) is 17.5 Å². The fourth-order valence-corrected chi connectivity index (χ4v) is 2.34. The van der Waals surface area contributed by atoms with Gasteiger partial charge in [-0.25, -0.2) is 0 Å². The molecule has 0 atom stereocenters. The monoisotopic (exact) mass is 272 g/mol. The quantitative estimate of drug-likeness (QED) is 0.823. The molecule has 4 nitrogen and oxygen atoms in total. The molecule has 0 saturated heterocycles. The summed E-state index contributed by atoms with van der Waals surface area (Å²) >= 11 is 0. The molecular formula is C16H20N2O2. The molecule has 0 spiro atoms. The highest BCUT2D eigenvalue weighted by atomic mass is 16.2. The summed E-state index contributed by atoms with van der Waals surface area (Å²) in [5, 5.41) is 11.8. The first-order chi connectivity index (χ1) is 9.69. The fraction of sp³-hybridized carbons (Fsp3) is 0.500. The number of aliphatic hydroxyl groups is 1. The second-order valence-electron chi connectivity index (χ2n) is 5.18. The van der Waals surface area contributed by atoms with Crippen LogP contribution in [0.2, 0.25) is 0 Å². The Morgan fingerprint density at radius 1 is 1.50 bits per heavy atom. The van der Waals surface area contributed by atoms with E-state index in [0.717, 1.165) is 19.3 Å². The molecular weight excluding hydrogens is 252 g/mol. The van der Waals surface area contributed by atoms with E-state index in [2.05, 4.69) is 29.1 Å². The second kappa shape index (κ2) is 6.53. The van der Waals surface area contributed by atoms with Gasteiger partial charge in [0.2, 0.25) is 0 Å². The van der Waals surface area contributed by atoms with E-state index >= 15 is 0 Å². The van der Waals surface area contributed by atoms with Crippen molar-refractivity contribution in [1.29, 1.82) is 0 Å². The summed E-state index contributed by atoms with van der Waals surface area (Å²) in [4.78, 5) is 16.3. The van der Waals surface area contributed by atoms with Crippen LogP contribution in [0.25, 0.3) is 0 Å². The van der Waals surface area contributed by atoms with Gasteiger partial charge in [-0.3, -0.25) is 9.78 Å². The molecule has 1 amide bonds. The molecule has 0 unspecified atom stereocenters. The van der Waals surface area contributed by atoms with E-state index in [1.165, 1.54) is 6.42 Å². The number of carbonyl (C=O) groups excluding carboxylic acids is 1. The molecule has 1 heterocycles. The molecule has 2 N–H and O–H groups in total. The largest absolute Gasteiger partial charge is 0.395 e. The molecule has 1 aromatic rings. The Morgan fingerprint density at radius 2 is 2.30 bits per heavy atom. The smallest absolute Gasteiger partial charge is 0.253 e. The lowest BCUT2D eigenvalue weighted by Crippen LogP contribution is -2.53. The third kappa shape index (κ3) is 3.37. The summed E-state index contributed by atoms with van der Waals surface area (Å²) < 4.78 is 0. The van der Waals surface area contributed by atoms with E-state index < -0.39 is 0 Å². The Kier molecular flexibility index (Phi) is 4.75. The van der Waals surface area contributed by atoms with Gasteiger partial charge in [0, 0.05) is 29.9 Å². The Bertz CT molecular complexity index is 533. The summed E-state index contributed by atoms with van der Waals surface area (Å²) in [6.07, 6.45) is 7.86. The lowest BCUT2D eigenvalue weighted by atomic mass is 9.74. The number of hydrogen-bond acceptors (Lipinski definition) is 3. The van der Waals surface area contributed by atoms with Gasteiger partial charge in [0.25, 0.3) is 5.91 Å². The van der Waals surface area contributed by atoms with Crippen LogP contribution >= 0.6 is 0 Å². The van der Waals surface area contributed by atoms with E-state index in [1.807, 2.05) is 0 Å². The second-order valence-corrected chi connectivity index (χ2v) is 5.18. The van der Waals surface area contributed by atoms with Crippen LogP contribution in [0.1, 0.15) is 54.9 Å². The van der Waals surface area contributed by atoms with Crippen LogP contribution in [-0.2, 0) is 0 Å². The lowest BCUT2D eigenvalue weighted by molar-refractivity contribution is 0.0820. The zero-order valence-electron chi connectivity index (χ0n) is 11.8. The fourth-order valence-electron chi connectivity index (χ4n) is 2.34. The van der Waals surface area contributed by atoms with Crippen molar-refractivity contribution in [2.75, 3.05) is 6.61 Å². The van der Waals surface area contributed by atoms with Gasteiger partial charge in [-0.15, -0.1) is 0 Å². The summed E-state index contributed by atoms with van der Waals surface area (Å²) in [6, 6.07) is 1.74. The molecule has 106 valence electrons. The highest BCUT2D eigenvalue weighted by Gasteiger charge is 2.36. The normalized spacial score (nSPS) is 15.7. The van der Waals surface area contributed by atoms with Gasteiger partial charge in [-0.05, 0) is 31.7 Å². The molecule has 4 heteroatoms. The predicted octanol–water partition coefficient (Wildman–Crippen LogP) is 1.88. The standard InChI is InChI=1S/C16H20N2O2/c1-2-16(7-5-8-16)18-15(20)14-10-13(11-17-12-14)6-3-4-9-19/h10-12,19H,2,4-5,7-9H2,1H3,(H,18,20). The molecule has 0 radical (unpaired) electrons. The van der Waals surface area contributed by atoms with Gasteiger partial charge in [-0.1, -0.05) is 18.8 Å². The summed E-state index contributed by atoms with van der Waals surface area (Å²) in [6.45, 7) is 2.15. The van der Waals surface area contributed by atoms with Gasteiger partial charge in [0.1, 0.15) is 0 Å². The van der Waals surface area contributed by atoms with Gasteiger partial charge in [-0.2, -0.15) is 0 Å². The van der Waals surface area contributed by atoms with Crippen molar-refractivity contribution >= 4 is 5.91 Å². The summed E-state index contributed by atoms with van der Waals surface area (Å²) in [5.41, 5.74) is 1.22. The Labute approximate surface area is 119 Å². The van der Waals surface area contributed by atoms with E-state index in [9.17, 15) is 4.79 Å². The van der Waals surface area contributed by atoms with Crippen LogP contribution in [0.15, 0.2) is 18.5 Å². The molecule has 2 rings (SSSR count). The number of aromatic nitrogens is 1. The molecule has 0 aliphatic heterocycles. The zero-order chi connectivity index (χ0) is 14.4. The number of carbonyl (C=O) groups is 1. The Morgan fingerprint density at radius 3 is 2.90 bits per heavy atom. The molecule has 0 aromatic carbocycles. The number of pyridine rings is 1. The van der Waals surface area contributed by atoms with Crippen LogP contribution in [-0.4, -0.2) is 28.1 Å². The van der Waals surface area contributed by atoms with Crippen LogP contribution < -0.4 is 5.32 Å². The molecule has 1 fully saturated rings. The maximum Gasteiger partial charge on any atom is 0.253 e. The van der Waals surface area contributed by atoms with Crippen LogP contribution in [0, 0.1) is 11.8 Å². The van der Waals surface area contributed by atoms with Gasteiger partial charge < -0.3 is 10.4 Å². The maximum atomic E-state index is 12.3. The molecule has 1 aliphatic carbocycles. The topological polar surface area (TPSA) is 62.2 Å². The van der Waals surface area contributed by atoms with Crippen molar-refractivity contribution in [1.82, 2.24) is 10.3 Å². The highest BCUT2D eigenvalue weighted by molar-refractivity contribution is 5.94. The Balaban J connectivity index is 2.07. The van der Waals surface area contributed by atoms with Crippen LogP contribution in [0.3, 0.4) is 0 Å². The number of amides is 1. The average molecular weight is 272 g/mol. The first-order valence-electron chi connectivity index (χ1n) is 7.06. The van der Waals surface area contributed by atoms with Crippen molar-refractivity contribution in [2.45, 2.75) is 44.6 Å². The molecule has 20 heavy (non-hydrogen) atoms. The molecule has 1 aromatic heterocycles. The van der Waals surface area contributed by atoms with Crippen molar-refractivity contribution < 1.29 is 9.90 Å².